The molecule has 1 heterocycles. The Morgan fingerprint density at radius 3 is 3.00 bits per heavy atom. The minimum atomic E-state index is -0.338. The molecule has 1 aliphatic rings. The van der Waals surface area contributed by atoms with Gasteiger partial charge in [-0.15, -0.1) is 0 Å². The number of hydrogen-bond donors (Lipinski definition) is 0. The first-order chi connectivity index (χ1) is 6.81. The number of hydrogen-bond acceptors (Lipinski definition) is 3. The molecular formula is C10H7N2O2. The fourth-order valence-corrected chi connectivity index (χ4v) is 1.18. The first kappa shape index (κ1) is 8.62. The third-order valence-corrected chi connectivity index (χ3v) is 1.80. The molecule has 14 heavy (non-hydrogen) atoms. The van der Waals surface area contributed by atoms with E-state index < -0.39 is 0 Å². The second-order valence-corrected chi connectivity index (χ2v) is 2.66. The van der Waals surface area contributed by atoms with Gasteiger partial charge in [-0.25, -0.2) is 4.99 Å². The Hall–Kier alpha value is -1.97. The van der Waals surface area contributed by atoms with Gasteiger partial charge in [0.25, 0.3) is 5.91 Å². The number of benzene rings is 1. The molecule has 1 amide bonds. The lowest BCUT2D eigenvalue weighted by atomic mass is 10.2. The number of nitrogens with zero attached hydrogens (tertiary/aromatic N) is 2. The molecule has 0 aliphatic carbocycles. The van der Waals surface area contributed by atoms with Crippen molar-refractivity contribution in [1.29, 1.82) is 0 Å². The average molecular weight is 187 g/mol. The minimum Gasteiger partial charge on any atom is -0.496 e. The molecule has 1 aliphatic heterocycles. The molecule has 0 aromatic heterocycles. The van der Waals surface area contributed by atoms with Crippen LogP contribution in [0.3, 0.4) is 0 Å². The van der Waals surface area contributed by atoms with Crippen molar-refractivity contribution in [2.24, 2.45) is 9.98 Å². The number of methoxy groups -OCH3 is 1. The molecule has 0 saturated carbocycles. The summed E-state index contributed by atoms with van der Waals surface area (Å²) in [6, 6.07) is 8.03. The maximum Gasteiger partial charge on any atom is 0.290 e. The molecule has 0 fully saturated rings. The molecule has 4 heteroatoms. The van der Waals surface area contributed by atoms with E-state index >= 15 is 0 Å². The topological polar surface area (TPSA) is 51.0 Å². The molecule has 0 N–H and O–H groups in total. The van der Waals surface area contributed by atoms with Crippen LogP contribution in [0.2, 0.25) is 0 Å². The van der Waals surface area contributed by atoms with Gasteiger partial charge in [-0.2, -0.15) is 4.99 Å². The molecule has 0 saturated heterocycles. The van der Waals surface area contributed by atoms with Crippen molar-refractivity contribution < 1.29 is 9.53 Å². The van der Waals surface area contributed by atoms with Crippen molar-refractivity contribution in [1.82, 2.24) is 0 Å². The van der Waals surface area contributed by atoms with Gasteiger partial charge in [0.15, 0.2) is 5.84 Å². The number of aliphatic imine (C=N–C) groups is 2. The van der Waals surface area contributed by atoms with Gasteiger partial charge >= 0.3 is 0 Å². The van der Waals surface area contributed by atoms with E-state index in [0.29, 0.717) is 17.1 Å². The summed E-state index contributed by atoms with van der Waals surface area (Å²) in [6.07, 6.45) is 1.19. The molecule has 1 aromatic carbocycles. The Labute approximate surface area is 81.0 Å². The normalized spacial score (nSPS) is 14.4. The summed E-state index contributed by atoms with van der Waals surface area (Å²) in [7, 11) is 1.55. The average Bonchev–Trinajstić information content (AvgIpc) is 2.65. The first-order valence-electron chi connectivity index (χ1n) is 4.02. The molecular weight excluding hydrogens is 180 g/mol. The van der Waals surface area contributed by atoms with Gasteiger partial charge in [0.05, 0.1) is 18.9 Å². The fourth-order valence-electron chi connectivity index (χ4n) is 1.18. The zero-order valence-corrected chi connectivity index (χ0v) is 7.52. The monoisotopic (exact) mass is 187 g/mol. The number of carbonyl (C=O) groups is 1. The number of ether oxygens (including phenoxy) is 1. The Bertz CT molecular complexity index is 436. The predicted molar refractivity (Wildman–Crippen MR) is 51.9 cm³/mol. The largest absolute Gasteiger partial charge is 0.496 e. The third-order valence-electron chi connectivity index (χ3n) is 1.80. The summed E-state index contributed by atoms with van der Waals surface area (Å²) in [5.74, 6) is 0.661. The van der Waals surface area contributed by atoms with Crippen LogP contribution in [0.5, 0.6) is 5.75 Å². The van der Waals surface area contributed by atoms with Crippen molar-refractivity contribution in [2.75, 3.05) is 7.11 Å². The lowest BCUT2D eigenvalue weighted by Crippen LogP contribution is -1.98. The van der Waals surface area contributed by atoms with Gasteiger partial charge in [0.1, 0.15) is 5.75 Å². The van der Waals surface area contributed by atoms with Crippen LogP contribution in [0.25, 0.3) is 0 Å². The summed E-state index contributed by atoms with van der Waals surface area (Å²) >= 11 is 0. The number of amidine groups is 1. The molecule has 1 aromatic rings. The molecule has 0 spiro atoms. The lowest BCUT2D eigenvalue weighted by molar-refractivity contribution is -0.111. The second-order valence-electron chi connectivity index (χ2n) is 2.66. The maximum absolute atomic E-state index is 10.8. The quantitative estimate of drug-likeness (QED) is 0.689. The van der Waals surface area contributed by atoms with Crippen LogP contribution in [-0.4, -0.2) is 25.1 Å². The van der Waals surface area contributed by atoms with E-state index in [1.54, 1.807) is 25.3 Å². The van der Waals surface area contributed by atoms with Crippen molar-refractivity contribution in [2.45, 2.75) is 0 Å². The Balaban J connectivity index is 2.46. The zero-order valence-electron chi connectivity index (χ0n) is 7.52. The van der Waals surface area contributed by atoms with Crippen LogP contribution in [-0.2, 0) is 4.79 Å². The van der Waals surface area contributed by atoms with Gasteiger partial charge in [-0.1, -0.05) is 6.07 Å². The number of rotatable bonds is 2. The van der Waals surface area contributed by atoms with Gasteiger partial charge in [0, 0.05) is 0 Å². The van der Waals surface area contributed by atoms with Crippen molar-refractivity contribution in [3.8, 4) is 5.75 Å². The van der Waals surface area contributed by atoms with E-state index in [4.69, 9.17) is 4.74 Å². The smallest absolute Gasteiger partial charge is 0.290 e. The Morgan fingerprint density at radius 1 is 1.50 bits per heavy atom. The van der Waals surface area contributed by atoms with Crippen molar-refractivity contribution in [3.63, 3.8) is 0 Å². The summed E-state index contributed by atoms with van der Waals surface area (Å²) in [4.78, 5) is 18.4. The first-order valence-corrected chi connectivity index (χ1v) is 4.02. The van der Waals surface area contributed by atoms with Crippen molar-refractivity contribution in [3.05, 3.63) is 29.8 Å². The van der Waals surface area contributed by atoms with Crippen LogP contribution in [0.1, 0.15) is 5.56 Å². The molecule has 0 unspecified atom stereocenters. The highest BCUT2D eigenvalue weighted by atomic mass is 16.5. The van der Waals surface area contributed by atoms with Gasteiger partial charge in [-0.05, 0) is 18.2 Å². The highest BCUT2D eigenvalue weighted by Gasteiger charge is 2.13. The number of amides is 1. The van der Waals surface area contributed by atoms with E-state index in [2.05, 4.69) is 16.1 Å². The van der Waals surface area contributed by atoms with E-state index in [1.807, 2.05) is 0 Å². The predicted octanol–water partition coefficient (Wildman–Crippen LogP) is 0.853. The summed E-state index contributed by atoms with van der Waals surface area (Å²) in [6.45, 7) is 0. The molecule has 2 rings (SSSR count). The Morgan fingerprint density at radius 2 is 2.36 bits per heavy atom. The fraction of sp³-hybridized carbons (Fsp3) is 0.100. The Kier molecular flexibility index (Phi) is 2.10. The van der Waals surface area contributed by atoms with Gasteiger partial charge < -0.3 is 4.74 Å². The van der Waals surface area contributed by atoms with Crippen LogP contribution in [0, 0.1) is 6.07 Å². The van der Waals surface area contributed by atoms with E-state index in [1.165, 1.54) is 6.21 Å². The molecule has 4 nitrogen and oxygen atoms in total. The maximum atomic E-state index is 10.8. The highest BCUT2D eigenvalue weighted by Crippen LogP contribution is 2.19. The standard InChI is InChI=1S/C10H7N2O2/c1-14-8-5-3-2-4-7(8)10-11-6-9(13)12-10/h2,4-6H,1H3. The van der Waals surface area contributed by atoms with Crippen LogP contribution >= 0.6 is 0 Å². The lowest BCUT2D eigenvalue weighted by Gasteiger charge is -2.04. The van der Waals surface area contributed by atoms with Gasteiger partial charge in [0.2, 0.25) is 0 Å². The summed E-state index contributed by atoms with van der Waals surface area (Å²) < 4.78 is 5.10. The minimum absolute atomic E-state index is 0.338. The van der Waals surface area contributed by atoms with Crippen LogP contribution in [0.4, 0.5) is 0 Å². The molecule has 69 valence electrons. The van der Waals surface area contributed by atoms with Crippen LogP contribution in [0.15, 0.2) is 28.2 Å². The van der Waals surface area contributed by atoms with E-state index in [0.717, 1.165) is 0 Å². The zero-order chi connectivity index (χ0) is 9.97. The summed E-state index contributed by atoms with van der Waals surface area (Å²) in [5, 5.41) is 0. The molecule has 1 radical (unpaired) electrons. The van der Waals surface area contributed by atoms with E-state index in [-0.39, 0.29) is 5.91 Å². The van der Waals surface area contributed by atoms with Crippen LogP contribution < -0.4 is 4.74 Å². The second kappa shape index (κ2) is 3.41. The third kappa shape index (κ3) is 1.42. The molecule has 0 atom stereocenters. The highest BCUT2D eigenvalue weighted by molar-refractivity contribution is 6.37. The molecule has 0 bridgehead atoms. The number of carbonyl (C=O) groups excluding carboxylic acids is 1. The summed E-state index contributed by atoms with van der Waals surface area (Å²) in [5.41, 5.74) is 0.702. The van der Waals surface area contributed by atoms with Crippen molar-refractivity contribution >= 4 is 18.0 Å². The van der Waals surface area contributed by atoms with E-state index in [9.17, 15) is 4.79 Å². The van der Waals surface area contributed by atoms with Gasteiger partial charge in [-0.3, -0.25) is 4.79 Å². The SMILES string of the molecule is COc1c[c]ccc1C1=NC(=O)C=N1.